The molecule has 0 unspecified atom stereocenters. The lowest BCUT2D eigenvalue weighted by molar-refractivity contribution is 0.0695. The summed E-state index contributed by atoms with van der Waals surface area (Å²) in [6, 6.07) is 9.21. The molecule has 5 heteroatoms. The van der Waals surface area contributed by atoms with Gasteiger partial charge in [0.1, 0.15) is 0 Å². The molecule has 0 radical (unpaired) electrons. The third kappa shape index (κ3) is 2.54. The van der Waals surface area contributed by atoms with Crippen LogP contribution in [0.3, 0.4) is 0 Å². The van der Waals surface area contributed by atoms with Crippen molar-refractivity contribution in [1.82, 2.24) is 0 Å². The summed E-state index contributed by atoms with van der Waals surface area (Å²) in [5.74, 6) is -0.623. The second-order valence-electron chi connectivity index (χ2n) is 6.64. The predicted molar refractivity (Wildman–Crippen MR) is 101 cm³/mol. The van der Waals surface area contributed by atoms with E-state index in [-0.39, 0.29) is 17.9 Å². The van der Waals surface area contributed by atoms with Crippen molar-refractivity contribution in [3.8, 4) is 0 Å². The number of carboxylic acid groups (broad SMARTS) is 1. The molecule has 1 heterocycles. The average molecular weight is 374 g/mol. The van der Waals surface area contributed by atoms with E-state index >= 15 is 0 Å². The minimum atomic E-state index is -0.892. The Kier molecular flexibility index (Phi) is 4.01. The number of fused-ring (bicyclic) bond motifs is 3. The number of aromatic carboxylic acids is 1. The summed E-state index contributed by atoms with van der Waals surface area (Å²) < 4.78 is 0. The van der Waals surface area contributed by atoms with Crippen LogP contribution in [0.4, 0.5) is 5.69 Å². The lowest BCUT2D eigenvalue weighted by Gasteiger charge is -2.39. The molecule has 0 fully saturated rings. The number of allylic oxidation sites excluding steroid dienone is 2. The molecule has 0 saturated carbocycles. The highest BCUT2D eigenvalue weighted by Crippen LogP contribution is 2.53. The van der Waals surface area contributed by atoms with Gasteiger partial charge in [0.05, 0.1) is 21.7 Å². The van der Waals surface area contributed by atoms with Gasteiger partial charge in [-0.3, -0.25) is 0 Å². The van der Waals surface area contributed by atoms with E-state index in [1.165, 1.54) is 0 Å². The van der Waals surface area contributed by atoms with Crippen LogP contribution in [0.1, 0.15) is 45.4 Å². The fourth-order valence-corrected chi connectivity index (χ4v) is 4.54. The third-order valence-electron chi connectivity index (χ3n) is 5.28. The van der Waals surface area contributed by atoms with Gasteiger partial charge >= 0.3 is 5.97 Å². The molecule has 0 aromatic heterocycles. The van der Waals surface area contributed by atoms with Gasteiger partial charge < -0.3 is 10.4 Å². The van der Waals surface area contributed by atoms with Gasteiger partial charge in [0.2, 0.25) is 0 Å². The van der Waals surface area contributed by atoms with Crippen molar-refractivity contribution in [2.75, 3.05) is 5.32 Å². The van der Waals surface area contributed by atoms with Gasteiger partial charge in [-0.1, -0.05) is 53.6 Å². The Bertz CT molecular complexity index is 907. The molecule has 2 aromatic rings. The number of aryl methyl sites for hydroxylation is 1. The van der Waals surface area contributed by atoms with Crippen LogP contribution in [0, 0.1) is 12.8 Å². The number of carboxylic acids is 1. The van der Waals surface area contributed by atoms with Crippen LogP contribution in [-0.2, 0) is 0 Å². The van der Waals surface area contributed by atoms with Gasteiger partial charge in [0.15, 0.2) is 0 Å². The molecule has 1 aliphatic heterocycles. The number of rotatable bonds is 2. The molecule has 1 aliphatic carbocycles. The second kappa shape index (κ2) is 6.08. The number of hydrogen-bond acceptors (Lipinski definition) is 2. The number of carbonyl (C=O) groups is 1. The van der Waals surface area contributed by atoms with E-state index in [9.17, 15) is 9.90 Å². The Morgan fingerprint density at radius 2 is 2.04 bits per heavy atom. The van der Waals surface area contributed by atoms with E-state index in [4.69, 9.17) is 23.2 Å². The molecule has 25 heavy (non-hydrogen) atoms. The number of benzene rings is 2. The van der Waals surface area contributed by atoms with Crippen molar-refractivity contribution < 1.29 is 9.90 Å². The van der Waals surface area contributed by atoms with Crippen LogP contribution in [0.2, 0.25) is 10.0 Å². The van der Waals surface area contributed by atoms with Gasteiger partial charge in [-0.25, -0.2) is 4.79 Å². The molecule has 0 spiro atoms. The first-order valence-corrected chi connectivity index (χ1v) is 8.98. The van der Waals surface area contributed by atoms with Crippen molar-refractivity contribution in [2.45, 2.75) is 25.3 Å². The first-order valence-electron chi connectivity index (χ1n) is 8.23. The van der Waals surface area contributed by atoms with Crippen molar-refractivity contribution in [2.24, 2.45) is 5.92 Å². The minimum absolute atomic E-state index is 0.0126. The summed E-state index contributed by atoms with van der Waals surface area (Å²) >= 11 is 12.7. The molecule has 0 saturated heterocycles. The Hall–Kier alpha value is -1.97. The summed E-state index contributed by atoms with van der Waals surface area (Å²) in [5, 5.41) is 14.3. The molecule has 2 N–H and O–H groups in total. The van der Waals surface area contributed by atoms with Crippen LogP contribution >= 0.6 is 23.2 Å². The van der Waals surface area contributed by atoms with E-state index in [1.54, 1.807) is 12.1 Å². The molecular weight excluding hydrogens is 357 g/mol. The maximum Gasteiger partial charge on any atom is 0.336 e. The number of nitrogens with one attached hydrogen (secondary N) is 1. The number of anilines is 1. The molecular formula is C20H17Cl2NO2. The van der Waals surface area contributed by atoms with Crippen molar-refractivity contribution in [3.63, 3.8) is 0 Å². The average Bonchev–Trinajstić information content (AvgIpc) is 3.07. The monoisotopic (exact) mass is 373 g/mol. The molecule has 4 rings (SSSR count). The molecule has 128 valence electrons. The smallest absolute Gasteiger partial charge is 0.336 e. The zero-order valence-corrected chi connectivity index (χ0v) is 15.1. The highest BCUT2D eigenvalue weighted by molar-refractivity contribution is 6.42. The van der Waals surface area contributed by atoms with Gasteiger partial charge in [-0.15, -0.1) is 0 Å². The maximum absolute atomic E-state index is 11.7. The van der Waals surface area contributed by atoms with E-state index in [2.05, 4.69) is 17.5 Å². The number of hydrogen-bond donors (Lipinski definition) is 2. The lowest BCUT2D eigenvalue weighted by atomic mass is 9.74. The maximum atomic E-state index is 11.7. The van der Waals surface area contributed by atoms with Crippen LogP contribution in [0.5, 0.6) is 0 Å². The summed E-state index contributed by atoms with van der Waals surface area (Å²) in [4.78, 5) is 11.7. The van der Waals surface area contributed by atoms with Crippen molar-refractivity contribution in [1.29, 1.82) is 0 Å². The summed E-state index contributed by atoms with van der Waals surface area (Å²) in [6.07, 6.45) is 5.13. The zero-order chi connectivity index (χ0) is 17.7. The SMILES string of the molecule is Cc1ccc(C(=O)O)c2c1N[C@H](c1cccc(Cl)c1Cl)[C@@H]1CC=C[C@H]21. The largest absolute Gasteiger partial charge is 0.478 e. The van der Waals surface area contributed by atoms with Crippen molar-refractivity contribution in [3.05, 3.63) is 74.8 Å². The van der Waals surface area contributed by atoms with Crippen LogP contribution in [0.15, 0.2) is 42.5 Å². The van der Waals surface area contributed by atoms with Crippen LogP contribution in [0.25, 0.3) is 0 Å². The third-order valence-corrected chi connectivity index (χ3v) is 6.11. The van der Waals surface area contributed by atoms with Gasteiger partial charge in [-0.05, 0) is 48.1 Å². The topological polar surface area (TPSA) is 49.3 Å². The fourth-order valence-electron chi connectivity index (χ4n) is 4.11. The number of halogens is 2. The summed E-state index contributed by atoms with van der Waals surface area (Å²) in [6.45, 7) is 1.99. The van der Waals surface area contributed by atoms with Gasteiger partial charge in [-0.2, -0.15) is 0 Å². The van der Waals surface area contributed by atoms with E-state index in [1.807, 2.05) is 25.1 Å². The summed E-state index contributed by atoms with van der Waals surface area (Å²) in [7, 11) is 0. The molecule has 3 atom stereocenters. The minimum Gasteiger partial charge on any atom is -0.478 e. The lowest BCUT2D eigenvalue weighted by Crippen LogP contribution is -2.31. The Labute approximate surface area is 156 Å². The van der Waals surface area contributed by atoms with Crippen LogP contribution in [-0.4, -0.2) is 11.1 Å². The standard InChI is InChI=1S/C20H17Cl2NO2/c1-10-8-9-13(20(24)25)16-11-4-2-5-12(11)19(23-18(10)16)14-6-3-7-15(21)17(14)22/h2-4,6-9,11-12,19,23H,5H2,1H3,(H,24,25)/t11-,12+,19-/m0/s1. The van der Waals surface area contributed by atoms with Gasteiger partial charge in [0, 0.05) is 11.6 Å². The van der Waals surface area contributed by atoms with Crippen molar-refractivity contribution >= 4 is 34.9 Å². The highest BCUT2D eigenvalue weighted by Gasteiger charge is 2.41. The summed E-state index contributed by atoms with van der Waals surface area (Å²) in [5.41, 5.74) is 4.13. The van der Waals surface area contributed by atoms with E-state index < -0.39 is 5.97 Å². The highest BCUT2D eigenvalue weighted by atomic mass is 35.5. The zero-order valence-electron chi connectivity index (χ0n) is 13.6. The fraction of sp³-hybridized carbons (Fsp3) is 0.250. The Morgan fingerprint density at radius 1 is 1.24 bits per heavy atom. The first-order chi connectivity index (χ1) is 12.0. The predicted octanol–water partition coefficient (Wildman–Crippen LogP) is 5.83. The van der Waals surface area contributed by atoms with Crippen LogP contribution < -0.4 is 5.32 Å². The molecule has 2 aromatic carbocycles. The Balaban J connectivity index is 1.90. The molecule has 3 nitrogen and oxygen atoms in total. The molecule has 2 aliphatic rings. The van der Waals surface area contributed by atoms with Gasteiger partial charge in [0.25, 0.3) is 0 Å². The molecule has 0 amide bonds. The normalized spacial score (nSPS) is 23.7. The second-order valence-corrected chi connectivity index (χ2v) is 7.43. The first kappa shape index (κ1) is 16.5. The van der Waals surface area contributed by atoms with E-state index in [0.717, 1.165) is 28.8 Å². The quantitative estimate of drug-likeness (QED) is 0.651. The Morgan fingerprint density at radius 3 is 2.80 bits per heavy atom. The molecule has 0 bridgehead atoms. The van der Waals surface area contributed by atoms with E-state index in [0.29, 0.717) is 15.6 Å².